The van der Waals surface area contributed by atoms with E-state index < -0.39 is 10.8 Å². The highest BCUT2D eigenvalue weighted by Crippen LogP contribution is 2.03. The second-order valence-corrected chi connectivity index (χ2v) is 6.33. The van der Waals surface area contributed by atoms with Crippen molar-refractivity contribution in [2.75, 3.05) is 39.5 Å². The number of urea groups is 1. The number of H-pyrrole nitrogens is 1. The van der Waals surface area contributed by atoms with Crippen LogP contribution < -0.4 is 10.6 Å². The molecule has 1 unspecified atom stereocenters. The van der Waals surface area contributed by atoms with Gasteiger partial charge < -0.3 is 20.5 Å². The Hall–Kier alpha value is -1.41. The zero-order chi connectivity index (χ0) is 15.0. The SMILES string of the molecule is Cc1[nH]cnc1CS(=O)CCNC(=O)NCCN(C)C. The molecule has 0 aliphatic carbocycles. The van der Waals surface area contributed by atoms with E-state index in [0.29, 0.717) is 24.6 Å². The molecule has 0 aliphatic heterocycles. The standard InChI is InChI=1S/C12H23N5O2S/c1-10-11(16-9-15-10)8-20(19)7-5-14-12(18)13-4-6-17(2)3/h9H,4-8H2,1-3H3,(H,15,16)(H2,13,14,18). The normalized spacial score (nSPS) is 12.4. The maximum absolute atomic E-state index is 11.8. The molecule has 0 saturated carbocycles. The Kier molecular flexibility index (Phi) is 7.24. The number of aryl methyl sites for hydroxylation is 1. The van der Waals surface area contributed by atoms with Gasteiger partial charge in [-0.15, -0.1) is 0 Å². The fraction of sp³-hybridized carbons (Fsp3) is 0.667. The predicted octanol–water partition coefficient (Wildman–Crippen LogP) is -0.172. The Labute approximate surface area is 122 Å². The summed E-state index contributed by atoms with van der Waals surface area (Å²) in [6.07, 6.45) is 1.60. The van der Waals surface area contributed by atoms with Crippen LogP contribution in [0.25, 0.3) is 0 Å². The lowest BCUT2D eigenvalue weighted by Crippen LogP contribution is -2.40. The number of hydrogen-bond donors (Lipinski definition) is 3. The van der Waals surface area contributed by atoms with Crippen molar-refractivity contribution in [2.45, 2.75) is 12.7 Å². The number of hydrogen-bond acceptors (Lipinski definition) is 4. The average molecular weight is 301 g/mol. The Bertz CT molecular complexity index is 447. The third kappa shape index (κ3) is 6.67. The number of nitrogens with zero attached hydrogens (tertiary/aromatic N) is 2. The monoisotopic (exact) mass is 301 g/mol. The molecule has 20 heavy (non-hydrogen) atoms. The molecule has 1 aromatic heterocycles. The van der Waals surface area contributed by atoms with Gasteiger partial charge >= 0.3 is 6.03 Å². The van der Waals surface area contributed by atoms with Crippen LogP contribution >= 0.6 is 0 Å². The lowest BCUT2D eigenvalue weighted by atomic mass is 10.4. The van der Waals surface area contributed by atoms with Gasteiger partial charge in [-0.25, -0.2) is 9.78 Å². The summed E-state index contributed by atoms with van der Waals surface area (Å²) < 4.78 is 11.8. The van der Waals surface area contributed by atoms with Gasteiger partial charge in [-0.05, 0) is 21.0 Å². The molecule has 2 amide bonds. The number of aromatic amines is 1. The van der Waals surface area contributed by atoms with E-state index in [9.17, 15) is 9.00 Å². The van der Waals surface area contributed by atoms with Crippen molar-refractivity contribution < 1.29 is 9.00 Å². The Morgan fingerprint density at radius 2 is 2.10 bits per heavy atom. The fourth-order valence-corrected chi connectivity index (χ4v) is 2.56. The first-order chi connectivity index (χ1) is 9.49. The van der Waals surface area contributed by atoms with Crippen LogP contribution in [0.4, 0.5) is 4.79 Å². The van der Waals surface area contributed by atoms with Crippen LogP contribution in [0.2, 0.25) is 0 Å². The van der Waals surface area contributed by atoms with E-state index in [1.54, 1.807) is 6.33 Å². The molecule has 1 rings (SSSR count). The average Bonchev–Trinajstić information content (AvgIpc) is 2.74. The van der Waals surface area contributed by atoms with E-state index in [4.69, 9.17) is 0 Å². The first kappa shape index (κ1) is 16.6. The Balaban J connectivity index is 2.12. The molecule has 1 heterocycles. The van der Waals surface area contributed by atoms with Crippen LogP contribution in [0.3, 0.4) is 0 Å². The number of imidazole rings is 1. The van der Waals surface area contributed by atoms with Gasteiger partial charge in [0.25, 0.3) is 0 Å². The number of aromatic nitrogens is 2. The third-order valence-corrected chi connectivity index (χ3v) is 3.95. The van der Waals surface area contributed by atoms with Crippen LogP contribution in [-0.4, -0.2) is 64.6 Å². The lowest BCUT2D eigenvalue weighted by molar-refractivity contribution is 0.240. The van der Waals surface area contributed by atoms with Gasteiger partial charge in [0.2, 0.25) is 0 Å². The topological polar surface area (TPSA) is 90.1 Å². The predicted molar refractivity (Wildman–Crippen MR) is 80.0 cm³/mol. The first-order valence-electron chi connectivity index (χ1n) is 6.49. The molecule has 1 atom stereocenters. The summed E-state index contributed by atoms with van der Waals surface area (Å²) in [7, 11) is 2.87. The highest BCUT2D eigenvalue weighted by Gasteiger charge is 2.07. The zero-order valence-electron chi connectivity index (χ0n) is 12.2. The molecule has 8 heteroatoms. The molecule has 1 aromatic rings. The van der Waals surface area contributed by atoms with Crippen molar-refractivity contribution in [3.8, 4) is 0 Å². The minimum Gasteiger partial charge on any atom is -0.348 e. The van der Waals surface area contributed by atoms with Crippen molar-refractivity contribution in [3.05, 3.63) is 17.7 Å². The van der Waals surface area contributed by atoms with Gasteiger partial charge in [0, 0.05) is 41.9 Å². The van der Waals surface area contributed by atoms with Gasteiger partial charge in [0.15, 0.2) is 0 Å². The zero-order valence-corrected chi connectivity index (χ0v) is 13.0. The van der Waals surface area contributed by atoms with Gasteiger partial charge in [-0.1, -0.05) is 0 Å². The highest BCUT2D eigenvalue weighted by molar-refractivity contribution is 7.84. The summed E-state index contributed by atoms with van der Waals surface area (Å²) in [5.41, 5.74) is 1.76. The second-order valence-electron chi connectivity index (χ2n) is 4.75. The first-order valence-corrected chi connectivity index (χ1v) is 7.98. The van der Waals surface area contributed by atoms with Crippen molar-refractivity contribution in [3.63, 3.8) is 0 Å². The maximum Gasteiger partial charge on any atom is 0.314 e. The molecule has 0 radical (unpaired) electrons. The van der Waals surface area contributed by atoms with Crippen LogP contribution in [0.1, 0.15) is 11.4 Å². The second kappa shape index (κ2) is 8.70. The molecular formula is C12H23N5O2S. The van der Waals surface area contributed by atoms with Crippen molar-refractivity contribution in [1.82, 2.24) is 25.5 Å². The summed E-state index contributed by atoms with van der Waals surface area (Å²) in [6, 6.07) is -0.222. The molecule has 0 fully saturated rings. The van der Waals surface area contributed by atoms with Crippen LogP contribution in [-0.2, 0) is 16.6 Å². The summed E-state index contributed by atoms with van der Waals surface area (Å²) >= 11 is 0. The quantitative estimate of drug-likeness (QED) is 0.622. The fourth-order valence-electron chi connectivity index (χ4n) is 1.49. The van der Waals surface area contributed by atoms with Gasteiger partial charge in [0.1, 0.15) is 0 Å². The molecule has 7 nitrogen and oxygen atoms in total. The summed E-state index contributed by atoms with van der Waals surface area (Å²) in [5, 5.41) is 5.43. The minimum atomic E-state index is -1.02. The number of amides is 2. The number of rotatable bonds is 8. The molecular weight excluding hydrogens is 278 g/mol. The molecule has 0 aromatic carbocycles. The summed E-state index contributed by atoms with van der Waals surface area (Å²) in [4.78, 5) is 20.5. The van der Waals surface area contributed by atoms with Crippen molar-refractivity contribution in [2.24, 2.45) is 0 Å². The van der Waals surface area contributed by atoms with Gasteiger partial charge in [-0.2, -0.15) is 0 Å². The van der Waals surface area contributed by atoms with E-state index in [1.165, 1.54) is 0 Å². The Morgan fingerprint density at radius 1 is 1.40 bits per heavy atom. The Morgan fingerprint density at radius 3 is 2.70 bits per heavy atom. The van der Waals surface area contributed by atoms with E-state index in [2.05, 4.69) is 20.6 Å². The molecule has 0 aliphatic rings. The number of carbonyl (C=O) groups is 1. The summed E-state index contributed by atoms with van der Waals surface area (Å²) in [5.74, 6) is 0.840. The summed E-state index contributed by atoms with van der Waals surface area (Å²) in [6.45, 7) is 3.67. The van der Waals surface area contributed by atoms with Crippen LogP contribution in [0, 0.1) is 6.92 Å². The maximum atomic E-state index is 11.8. The third-order valence-electron chi connectivity index (χ3n) is 2.69. The minimum absolute atomic E-state index is 0.222. The van der Waals surface area contributed by atoms with E-state index in [-0.39, 0.29) is 6.03 Å². The van der Waals surface area contributed by atoms with Crippen LogP contribution in [0.5, 0.6) is 0 Å². The number of nitrogens with one attached hydrogen (secondary N) is 3. The van der Waals surface area contributed by atoms with E-state index in [0.717, 1.165) is 17.9 Å². The van der Waals surface area contributed by atoms with Crippen molar-refractivity contribution in [1.29, 1.82) is 0 Å². The van der Waals surface area contributed by atoms with E-state index >= 15 is 0 Å². The largest absolute Gasteiger partial charge is 0.348 e. The van der Waals surface area contributed by atoms with Gasteiger partial charge in [0.05, 0.1) is 17.8 Å². The van der Waals surface area contributed by atoms with Crippen LogP contribution in [0.15, 0.2) is 6.33 Å². The number of carbonyl (C=O) groups excluding carboxylic acids is 1. The number of likely N-dealkylation sites (N-methyl/N-ethyl adjacent to an activating group) is 1. The smallest absolute Gasteiger partial charge is 0.314 e. The van der Waals surface area contributed by atoms with Gasteiger partial charge in [-0.3, -0.25) is 4.21 Å². The molecule has 0 saturated heterocycles. The van der Waals surface area contributed by atoms with E-state index in [1.807, 2.05) is 25.9 Å². The van der Waals surface area contributed by atoms with Crippen molar-refractivity contribution >= 4 is 16.8 Å². The lowest BCUT2D eigenvalue weighted by Gasteiger charge is -2.11. The molecule has 3 N–H and O–H groups in total. The highest BCUT2D eigenvalue weighted by atomic mass is 32.2. The molecule has 0 bridgehead atoms. The molecule has 0 spiro atoms. The molecule has 114 valence electrons.